The van der Waals surface area contributed by atoms with Crippen LogP contribution in [0.25, 0.3) is 0 Å². The summed E-state index contributed by atoms with van der Waals surface area (Å²) in [4.78, 5) is 25.3. The number of amides is 3. The van der Waals surface area contributed by atoms with Crippen LogP contribution in [0.4, 0.5) is 10.5 Å². The van der Waals surface area contributed by atoms with Crippen LogP contribution >= 0.6 is 0 Å². The summed E-state index contributed by atoms with van der Waals surface area (Å²) in [6.45, 7) is 0. The van der Waals surface area contributed by atoms with E-state index < -0.39 is 21.9 Å². The normalized spacial score (nSPS) is 14.6. The number of carbonyl (C=O) groups is 2. The zero-order chi connectivity index (χ0) is 17.2. The number of carbonyl (C=O) groups excluding carboxylic acids is 2. The summed E-state index contributed by atoms with van der Waals surface area (Å²) >= 11 is 0. The van der Waals surface area contributed by atoms with Crippen molar-refractivity contribution in [1.82, 2.24) is 10.2 Å². The third kappa shape index (κ3) is 3.19. The molecule has 1 aliphatic rings. The molecule has 0 aromatic heterocycles. The first-order chi connectivity index (χ1) is 10.9. The van der Waals surface area contributed by atoms with E-state index in [4.69, 9.17) is 4.74 Å². The van der Waals surface area contributed by atoms with Gasteiger partial charge in [-0.05, 0) is 30.5 Å². The molecule has 8 nitrogen and oxygen atoms in total. The first kappa shape index (κ1) is 16.9. The lowest BCUT2D eigenvalue weighted by molar-refractivity contribution is -0.129. The lowest BCUT2D eigenvalue weighted by Gasteiger charge is -2.22. The zero-order valence-electron chi connectivity index (χ0n) is 13.0. The van der Waals surface area contributed by atoms with Gasteiger partial charge in [0.2, 0.25) is 5.91 Å². The number of hydrogen-bond acceptors (Lipinski definition) is 6. The van der Waals surface area contributed by atoms with E-state index in [-0.39, 0.29) is 11.6 Å². The second-order valence-corrected chi connectivity index (χ2v) is 5.81. The van der Waals surface area contributed by atoms with E-state index in [1.807, 2.05) is 0 Å². The summed E-state index contributed by atoms with van der Waals surface area (Å²) in [6.07, 6.45) is 1.17. The summed E-state index contributed by atoms with van der Waals surface area (Å²) in [5.74, 6) is -0.0444. The maximum absolute atomic E-state index is 12.6. The molecule has 1 aromatic carbocycles. The Labute approximate surface area is 135 Å². The standard InChI is InChI=1S/C14H17N3O5S/c1-15-13(19)17(2)12(18)14(6-7-14)9-4-5-11(22-3)10(8-9)16-23(20)21/h4-5,8H,6-7H2,1-3H3,(H,15,19). The van der Waals surface area contributed by atoms with Crippen LogP contribution in [0, 0.1) is 0 Å². The third-order valence-corrected chi connectivity index (χ3v) is 4.23. The molecule has 0 atom stereocenters. The highest BCUT2D eigenvalue weighted by Gasteiger charge is 2.53. The minimum Gasteiger partial charge on any atom is -0.494 e. The van der Waals surface area contributed by atoms with Crippen molar-refractivity contribution < 1.29 is 22.7 Å². The maximum Gasteiger partial charge on any atom is 0.323 e. The van der Waals surface area contributed by atoms with Gasteiger partial charge in [-0.25, -0.2) is 4.79 Å². The lowest BCUT2D eigenvalue weighted by Crippen LogP contribution is -2.44. The van der Waals surface area contributed by atoms with Gasteiger partial charge in [0, 0.05) is 14.1 Å². The largest absolute Gasteiger partial charge is 0.494 e. The number of urea groups is 1. The van der Waals surface area contributed by atoms with Crippen LogP contribution < -0.4 is 10.1 Å². The van der Waals surface area contributed by atoms with Crippen molar-refractivity contribution in [2.75, 3.05) is 21.2 Å². The van der Waals surface area contributed by atoms with Gasteiger partial charge in [0.05, 0.1) is 12.5 Å². The van der Waals surface area contributed by atoms with Gasteiger partial charge >= 0.3 is 16.5 Å². The topological polar surface area (TPSA) is 105 Å². The quantitative estimate of drug-likeness (QED) is 0.888. The van der Waals surface area contributed by atoms with Gasteiger partial charge in [0.15, 0.2) is 0 Å². The molecule has 1 N–H and O–H groups in total. The maximum atomic E-state index is 12.6. The van der Waals surface area contributed by atoms with Crippen LogP contribution in [0.2, 0.25) is 0 Å². The predicted octanol–water partition coefficient (Wildman–Crippen LogP) is 1.22. The Balaban J connectivity index is 2.43. The van der Waals surface area contributed by atoms with Gasteiger partial charge in [0.25, 0.3) is 0 Å². The Kier molecular flexibility index (Phi) is 4.69. The Hall–Kier alpha value is -2.42. The Morgan fingerprint density at radius 3 is 2.48 bits per heavy atom. The van der Waals surface area contributed by atoms with Crippen LogP contribution in [0.15, 0.2) is 22.6 Å². The number of hydrogen-bond donors (Lipinski definition) is 1. The Morgan fingerprint density at radius 1 is 1.35 bits per heavy atom. The summed E-state index contributed by atoms with van der Waals surface area (Å²) < 4.78 is 30.2. The highest BCUT2D eigenvalue weighted by molar-refractivity contribution is 7.61. The fraction of sp³-hybridized carbons (Fsp3) is 0.429. The molecule has 1 fully saturated rings. The molecule has 23 heavy (non-hydrogen) atoms. The average molecular weight is 339 g/mol. The lowest BCUT2D eigenvalue weighted by atomic mass is 9.94. The molecule has 0 heterocycles. The Bertz CT molecular complexity index is 776. The fourth-order valence-corrected chi connectivity index (χ4v) is 2.77. The molecule has 124 valence electrons. The van der Waals surface area contributed by atoms with Crippen LogP contribution in [-0.4, -0.2) is 46.5 Å². The van der Waals surface area contributed by atoms with Gasteiger partial charge < -0.3 is 10.1 Å². The molecule has 3 amide bonds. The van der Waals surface area contributed by atoms with Crippen molar-refractivity contribution >= 4 is 28.1 Å². The van der Waals surface area contributed by atoms with E-state index in [2.05, 4.69) is 9.68 Å². The monoisotopic (exact) mass is 339 g/mol. The van der Waals surface area contributed by atoms with Gasteiger partial charge in [-0.2, -0.15) is 8.42 Å². The number of likely N-dealkylation sites (N-methyl/N-ethyl adjacent to an activating group) is 1. The summed E-state index contributed by atoms with van der Waals surface area (Å²) in [5.41, 5.74) is -0.0782. The molecule has 0 spiro atoms. The van der Waals surface area contributed by atoms with E-state index in [1.165, 1.54) is 27.3 Å². The second kappa shape index (κ2) is 6.37. The molecule has 1 aliphatic carbocycles. The van der Waals surface area contributed by atoms with Crippen molar-refractivity contribution in [2.24, 2.45) is 4.36 Å². The molecule has 0 aliphatic heterocycles. The third-order valence-electron chi connectivity index (χ3n) is 3.89. The van der Waals surface area contributed by atoms with Crippen molar-refractivity contribution in [1.29, 1.82) is 0 Å². The van der Waals surface area contributed by atoms with Gasteiger partial charge in [-0.1, -0.05) is 6.07 Å². The smallest absolute Gasteiger partial charge is 0.323 e. The predicted molar refractivity (Wildman–Crippen MR) is 82.1 cm³/mol. The summed E-state index contributed by atoms with van der Waals surface area (Å²) in [6, 6.07) is 4.26. The van der Waals surface area contributed by atoms with Crippen molar-refractivity contribution in [3.63, 3.8) is 0 Å². The summed E-state index contributed by atoms with van der Waals surface area (Å²) in [5, 5.41) is 2.40. The van der Waals surface area contributed by atoms with Gasteiger partial charge in [-0.15, -0.1) is 4.36 Å². The first-order valence-corrected chi connectivity index (χ1v) is 7.88. The second-order valence-electron chi connectivity index (χ2n) is 5.20. The molecule has 1 aromatic rings. The van der Waals surface area contributed by atoms with Gasteiger partial charge in [-0.3, -0.25) is 9.69 Å². The highest BCUT2D eigenvalue weighted by atomic mass is 32.2. The van der Waals surface area contributed by atoms with E-state index in [0.29, 0.717) is 24.2 Å². The molecular weight excluding hydrogens is 322 g/mol. The average Bonchev–Trinajstić information content (AvgIpc) is 3.33. The SMILES string of the molecule is CNC(=O)N(C)C(=O)C1(c2ccc(OC)c(N=S(=O)=O)c2)CC1. The number of methoxy groups -OCH3 is 1. The van der Waals surface area contributed by atoms with Crippen molar-refractivity contribution in [3.05, 3.63) is 23.8 Å². The van der Waals surface area contributed by atoms with Crippen molar-refractivity contribution in [3.8, 4) is 5.75 Å². The van der Waals surface area contributed by atoms with E-state index >= 15 is 0 Å². The van der Waals surface area contributed by atoms with Crippen LogP contribution in [0.1, 0.15) is 18.4 Å². The molecule has 0 saturated heterocycles. The molecule has 9 heteroatoms. The minimum atomic E-state index is -2.64. The molecule has 2 rings (SSSR count). The van der Waals surface area contributed by atoms with E-state index in [1.54, 1.807) is 12.1 Å². The van der Waals surface area contributed by atoms with Crippen LogP contribution in [-0.2, 0) is 20.7 Å². The number of nitrogens with zero attached hydrogens (tertiary/aromatic N) is 2. The number of imide groups is 1. The first-order valence-electron chi connectivity index (χ1n) is 6.85. The molecule has 0 radical (unpaired) electrons. The zero-order valence-corrected chi connectivity index (χ0v) is 13.8. The number of nitrogens with one attached hydrogen (secondary N) is 1. The molecule has 0 unspecified atom stereocenters. The number of benzene rings is 1. The highest BCUT2D eigenvalue weighted by Crippen LogP contribution is 2.51. The summed E-state index contributed by atoms with van der Waals surface area (Å²) in [7, 11) is 1.62. The van der Waals surface area contributed by atoms with Gasteiger partial charge in [0.1, 0.15) is 11.4 Å². The number of ether oxygens (including phenoxy) is 1. The van der Waals surface area contributed by atoms with Crippen LogP contribution in [0.5, 0.6) is 5.75 Å². The number of rotatable bonds is 4. The molecule has 0 bridgehead atoms. The molecular formula is C14H17N3O5S. The Morgan fingerprint density at radius 2 is 2.00 bits per heavy atom. The molecule has 1 saturated carbocycles. The fourth-order valence-electron chi connectivity index (χ4n) is 2.47. The minimum absolute atomic E-state index is 0.125. The van der Waals surface area contributed by atoms with Crippen LogP contribution in [0.3, 0.4) is 0 Å². The van der Waals surface area contributed by atoms with E-state index in [9.17, 15) is 18.0 Å². The van der Waals surface area contributed by atoms with Crippen molar-refractivity contribution in [2.45, 2.75) is 18.3 Å². The van der Waals surface area contributed by atoms with E-state index in [0.717, 1.165) is 4.90 Å².